The van der Waals surface area contributed by atoms with Crippen LogP contribution in [0.5, 0.6) is 0 Å². The monoisotopic (exact) mass is 200 g/mol. The molecule has 1 aromatic rings. The summed E-state index contributed by atoms with van der Waals surface area (Å²) in [6.45, 7) is 6.02. The van der Waals surface area contributed by atoms with Crippen LogP contribution >= 0.6 is 12.0 Å². The third kappa shape index (κ3) is 2.70. The highest BCUT2D eigenvalue weighted by atomic mass is 32.2. The fourth-order valence-electron chi connectivity index (χ4n) is 1.35. The molecule has 0 aliphatic heterocycles. The Kier molecular flexibility index (Phi) is 3.74. The van der Waals surface area contributed by atoms with Crippen LogP contribution in [0.2, 0.25) is 0 Å². The molecular weight excluding hydrogens is 188 g/mol. The van der Waals surface area contributed by atoms with Gasteiger partial charge in [-0.1, -0.05) is 22.7 Å². The second-order valence-corrected chi connectivity index (χ2v) is 3.66. The molecule has 4 heteroatoms. The van der Waals surface area contributed by atoms with Crippen LogP contribution in [-0.4, -0.2) is 5.26 Å². The molecule has 0 aromatic heterocycles. The Balaban J connectivity index is 2.92. The Morgan fingerprint density at radius 3 is 2.15 bits per heavy atom. The molecule has 0 saturated heterocycles. The van der Waals surface area contributed by atoms with Gasteiger partial charge in [-0.2, -0.15) is 0 Å². The van der Waals surface area contributed by atoms with Crippen LogP contribution < -0.4 is 0 Å². The van der Waals surface area contributed by atoms with Crippen molar-refractivity contribution in [2.24, 2.45) is 0 Å². The second-order valence-electron chi connectivity index (χ2n) is 2.95. The maximum absolute atomic E-state index is 8.02. The Hall–Kier alpha value is -0.550. The van der Waals surface area contributed by atoms with Crippen molar-refractivity contribution in [1.82, 2.24) is 0 Å². The standard InChI is InChI=1S/C9H12O3S/c1-6-4-7(2)9(8(3)5-6)13-12-11-10/h4-5,10H,1-3H3. The summed E-state index contributed by atoms with van der Waals surface area (Å²) in [6.07, 6.45) is 0. The minimum atomic E-state index is 0.972. The molecule has 0 radical (unpaired) electrons. The van der Waals surface area contributed by atoms with E-state index in [0.29, 0.717) is 0 Å². The fraction of sp³-hybridized carbons (Fsp3) is 0.333. The number of benzene rings is 1. The van der Waals surface area contributed by atoms with Crippen LogP contribution in [-0.2, 0) is 9.37 Å². The lowest BCUT2D eigenvalue weighted by atomic mass is 10.1. The van der Waals surface area contributed by atoms with Gasteiger partial charge < -0.3 is 0 Å². The lowest BCUT2D eigenvalue weighted by Crippen LogP contribution is -1.88. The van der Waals surface area contributed by atoms with Gasteiger partial charge in [-0.05, 0) is 31.9 Å². The molecule has 0 spiro atoms. The normalized spacial score (nSPS) is 10.5. The van der Waals surface area contributed by atoms with Gasteiger partial charge in [-0.3, -0.25) is 0 Å². The van der Waals surface area contributed by atoms with E-state index in [0.717, 1.165) is 28.1 Å². The molecule has 3 nitrogen and oxygen atoms in total. The minimum absolute atomic E-state index is 0.972. The highest BCUT2D eigenvalue weighted by molar-refractivity contribution is 7.94. The predicted octanol–water partition coefficient (Wildman–Crippen LogP) is 3.04. The summed E-state index contributed by atoms with van der Waals surface area (Å²) in [4.78, 5) is 0.972. The zero-order valence-electron chi connectivity index (χ0n) is 7.83. The Morgan fingerprint density at radius 1 is 1.15 bits per heavy atom. The predicted molar refractivity (Wildman–Crippen MR) is 51.3 cm³/mol. The molecule has 0 aliphatic rings. The number of rotatable bonds is 3. The first-order valence-electron chi connectivity index (χ1n) is 3.87. The van der Waals surface area contributed by atoms with E-state index in [2.05, 4.69) is 21.5 Å². The lowest BCUT2D eigenvalue weighted by molar-refractivity contribution is -0.432. The van der Waals surface area contributed by atoms with Crippen molar-refractivity contribution >= 4 is 12.0 Å². The van der Waals surface area contributed by atoms with E-state index < -0.39 is 0 Å². The van der Waals surface area contributed by atoms with E-state index in [1.807, 2.05) is 20.8 Å². The van der Waals surface area contributed by atoms with Crippen molar-refractivity contribution in [2.45, 2.75) is 25.7 Å². The summed E-state index contributed by atoms with van der Waals surface area (Å²) in [5, 5.41) is 11.6. The quantitative estimate of drug-likeness (QED) is 0.462. The van der Waals surface area contributed by atoms with Crippen molar-refractivity contribution in [1.29, 1.82) is 0 Å². The van der Waals surface area contributed by atoms with Crippen LogP contribution in [0.25, 0.3) is 0 Å². The van der Waals surface area contributed by atoms with Gasteiger partial charge in [0.15, 0.2) is 0 Å². The van der Waals surface area contributed by atoms with Gasteiger partial charge in [-0.15, -0.1) is 4.33 Å². The van der Waals surface area contributed by atoms with Crippen LogP contribution in [0, 0.1) is 20.8 Å². The maximum atomic E-state index is 8.02. The van der Waals surface area contributed by atoms with Gasteiger partial charge >= 0.3 is 0 Å². The molecular formula is C9H12O3S. The molecule has 0 bridgehead atoms. The van der Waals surface area contributed by atoms with Gasteiger partial charge in [-0.25, -0.2) is 5.26 Å². The second kappa shape index (κ2) is 4.62. The van der Waals surface area contributed by atoms with Crippen LogP contribution in [0.3, 0.4) is 0 Å². The molecule has 0 aliphatic carbocycles. The van der Waals surface area contributed by atoms with Crippen molar-refractivity contribution in [3.63, 3.8) is 0 Å². The Morgan fingerprint density at radius 2 is 1.69 bits per heavy atom. The molecule has 0 heterocycles. The van der Waals surface area contributed by atoms with E-state index in [-0.39, 0.29) is 0 Å². The van der Waals surface area contributed by atoms with Gasteiger partial charge in [0, 0.05) is 4.90 Å². The average molecular weight is 200 g/mol. The summed E-state index contributed by atoms with van der Waals surface area (Å²) in [5.41, 5.74) is 3.43. The molecule has 0 atom stereocenters. The zero-order valence-corrected chi connectivity index (χ0v) is 8.64. The molecule has 0 saturated carbocycles. The molecule has 0 amide bonds. The van der Waals surface area contributed by atoms with E-state index in [4.69, 9.17) is 5.26 Å². The summed E-state index contributed by atoms with van der Waals surface area (Å²) in [7, 11) is 0. The van der Waals surface area contributed by atoms with E-state index in [9.17, 15) is 0 Å². The van der Waals surface area contributed by atoms with Crippen molar-refractivity contribution in [2.75, 3.05) is 0 Å². The van der Waals surface area contributed by atoms with Gasteiger partial charge in [0.05, 0.1) is 12.0 Å². The van der Waals surface area contributed by atoms with Crippen molar-refractivity contribution in [3.8, 4) is 0 Å². The minimum Gasteiger partial charge on any atom is -0.220 e. The van der Waals surface area contributed by atoms with E-state index in [1.165, 1.54) is 5.56 Å². The summed E-state index contributed by atoms with van der Waals surface area (Å²) < 4.78 is 4.39. The van der Waals surface area contributed by atoms with Crippen molar-refractivity contribution < 1.29 is 14.6 Å². The first-order valence-corrected chi connectivity index (χ1v) is 4.62. The molecule has 0 unspecified atom stereocenters. The average Bonchev–Trinajstić information content (AvgIpc) is 2.02. The number of hydrogen-bond donors (Lipinski definition) is 1. The largest absolute Gasteiger partial charge is 0.220 e. The zero-order chi connectivity index (χ0) is 9.84. The Bertz CT molecular complexity index is 276. The highest BCUT2D eigenvalue weighted by Gasteiger charge is 2.05. The Labute approximate surface area is 81.7 Å². The maximum Gasteiger partial charge on any atom is 0.0720 e. The highest BCUT2D eigenvalue weighted by Crippen LogP contribution is 2.27. The third-order valence-corrected chi connectivity index (χ3v) is 2.69. The third-order valence-electron chi connectivity index (χ3n) is 1.75. The van der Waals surface area contributed by atoms with Gasteiger partial charge in [0.1, 0.15) is 0 Å². The van der Waals surface area contributed by atoms with Gasteiger partial charge in [0.25, 0.3) is 0 Å². The van der Waals surface area contributed by atoms with Crippen LogP contribution in [0.1, 0.15) is 16.7 Å². The molecule has 72 valence electrons. The van der Waals surface area contributed by atoms with Crippen molar-refractivity contribution in [3.05, 3.63) is 28.8 Å². The molecule has 1 N–H and O–H groups in total. The SMILES string of the molecule is Cc1cc(C)c(SOOO)c(C)c1. The fourth-order valence-corrected chi connectivity index (χ4v) is 1.83. The summed E-state index contributed by atoms with van der Waals surface area (Å²) in [5.74, 6) is 0. The molecule has 1 aromatic carbocycles. The van der Waals surface area contributed by atoms with Crippen LogP contribution in [0.4, 0.5) is 0 Å². The lowest BCUT2D eigenvalue weighted by Gasteiger charge is -2.07. The molecule has 13 heavy (non-hydrogen) atoms. The number of aryl methyl sites for hydroxylation is 3. The topological polar surface area (TPSA) is 38.7 Å². The molecule has 1 rings (SSSR count). The van der Waals surface area contributed by atoms with E-state index in [1.54, 1.807) is 0 Å². The van der Waals surface area contributed by atoms with E-state index >= 15 is 0 Å². The molecule has 0 fully saturated rings. The van der Waals surface area contributed by atoms with Gasteiger partial charge in [0.2, 0.25) is 0 Å². The smallest absolute Gasteiger partial charge is 0.0720 e. The summed E-state index contributed by atoms with van der Waals surface area (Å²) in [6, 6.07) is 4.10. The summed E-state index contributed by atoms with van der Waals surface area (Å²) >= 11 is 1.01. The number of hydrogen-bond acceptors (Lipinski definition) is 4. The first-order chi connectivity index (χ1) is 6.15. The first kappa shape index (κ1) is 10.5. The van der Waals surface area contributed by atoms with Crippen LogP contribution in [0.15, 0.2) is 17.0 Å².